The maximum absolute atomic E-state index is 12.7. The van der Waals surface area contributed by atoms with Crippen LogP contribution >= 0.6 is 23.1 Å². The molecule has 3 aromatic rings. The molecule has 0 radical (unpaired) electrons. The van der Waals surface area contributed by atoms with Crippen molar-refractivity contribution in [2.45, 2.75) is 29.6 Å². The Morgan fingerprint density at radius 3 is 2.76 bits per heavy atom. The molecule has 1 saturated heterocycles. The second-order valence-electron chi connectivity index (χ2n) is 7.55. The van der Waals surface area contributed by atoms with Crippen molar-refractivity contribution in [2.24, 2.45) is 0 Å². The number of thioether (sulfide) groups is 1. The Labute approximate surface area is 196 Å². The molecule has 2 aromatic heterocycles. The first-order valence-corrected chi connectivity index (χ1v) is 13.6. The van der Waals surface area contributed by atoms with Gasteiger partial charge in [0.15, 0.2) is 9.84 Å². The van der Waals surface area contributed by atoms with Crippen LogP contribution in [0.25, 0.3) is 15.8 Å². The summed E-state index contributed by atoms with van der Waals surface area (Å²) in [5, 5.41) is 9.16. The first kappa shape index (κ1) is 22.2. The second kappa shape index (κ2) is 8.97. The van der Waals surface area contributed by atoms with Crippen LogP contribution in [0.4, 0.5) is 4.79 Å². The minimum atomic E-state index is -3.61. The molecule has 13 heteroatoms. The van der Waals surface area contributed by atoms with E-state index in [9.17, 15) is 18.0 Å². The number of carbonyl (C=O) groups excluding carboxylic acids is 2. The van der Waals surface area contributed by atoms with E-state index in [-0.39, 0.29) is 24.0 Å². The molecule has 0 saturated carbocycles. The van der Waals surface area contributed by atoms with Gasteiger partial charge in [-0.1, -0.05) is 23.9 Å². The normalized spacial score (nSPS) is 19.2. The smallest absolute Gasteiger partial charge is 0.286 e. The molecule has 2 amide bonds. The number of aromatic nitrogens is 3. The van der Waals surface area contributed by atoms with Gasteiger partial charge in [-0.05, 0) is 29.7 Å². The van der Waals surface area contributed by atoms with Crippen molar-refractivity contribution in [3.8, 4) is 0 Å². The van der Waals surface area contributed by atoms with Crippen molar-refractivity contribution in [1.29, 1.82) is 0 Å². The number of benzene rings is 1. The number of hydrogen-bond acceptors (Lipinski definition) is 11. The molecule has 1 unspecified atom stereocenters. The third-order valence-corrected chi connectivity index (χ3v) is 8.67. The number of amides is 2. The van der Waals surface area contributed by atoms with E-state index in [1.54, 1.807) is 0 Å². The van der Waals surface area contributed by atoms with Crippen LogP contribution in [0.3, 0.4) is 0 Å². The number of nitrogens with zero attached hydrogens (tertiary/aromatic N) is 3. The Morgan fingerprint density at radius 2 is 2.00 bits per heavy atom. The molecule has 0 bridgehead atoms. The van der Waals surface area contributed by atoms with Gasteiger partial charge >= 0.3 is 0 Å². The van der Waals surface area contributed by atoms with Crippen LogP contribution in [0, 0.1) is 0 Å². The van der Waals surface area contributed by atoms with E-state index < -0.39 is 32.0 Å². The first-order chi connectivity index (χ1) is 15.8. The molecule has 1 fully saturated rings. The number of fused-ring (bicyclic) bond motifs is 1. The average Bonchev–Trinajstić information content (AvgIpc) is 3.46. The predicted octanol–water partition coefficient (Wildman–Crippen LogP) is 2.49. The van der Waals surface area contributed by atoms with Gasteiger partial charge in [0.1, 0.15) is 21.8 Å². The van der Waals surface area contributed by atoms with Gasteiger partial charge in [0, 0.05) is 6.42 Å². The quantitative estimate of drug-likeness (QED) is 0.508. The summed E-state index contributed by atoms with van der Waals surface area (Å²) in [7, 11) is -3.61. The van der Waals surface area contributed by atoms with Crippen molar-refractivity contribution < 1.29 is 27.2 Å². The summed E-state index contributed by atoms with van der Waals surface area (Å²) in [5.41, 5.74) is 3.07. The first-order valence-electron chi connectivity index (χ1n) is 10.0. The van der Waals surface area contributed by atoms with E-state index in [1.807, 2.05) is 18.2 Å². The summed E-state index contributed by atoms with van der Waals surface area (Å²) in [5.74, 6) is -1.06. The molecule has 0 aliphatic carbocycles. The van der Waals surface area contributed by atoms with Gasteiger partial charge < -0.3 is 9.15 Å². The lowest BCUT2D eigenvalue weighted by Gasteiger charge is -2.13. The second-order valence-corrected chi connectivity index (χ2v) is 11.9. The molecule has 10 nitrogen and oxygen atoms in total. The number of thiazole rings is 1. The van der Waals surface area contributed by atoms with E-state index in [0.717, 1.165) is 34.0 Å². The van der Waals surface area contributed by atoms with Gasteiger partial charge in [0.25, 0.3) is 5.24 Å². The van der Waals surface area contributed by atoms with Crippen LogP contribution in [-0.2, 0) is 37.3 Å². The Hall–Kier alpha value is -2.61. The zero-order chi connectivity index (χ0) is 23.0. The maximum Gasteiger partial charge on any atom is 0.286 e. The monoisotopic (exact) mass is 506 g/mol. The van der Waals surface area contributed by atoms with Crippen LogP contribution in [0.15, 0.2) is 28.7 Å². The molecule has 1 atom stereocenters. The van der Waals surface area contributed by atoms with Crippen molar-refractivity contribution in [2.75, 3.05) is 13.2 Å². The van der Waals surface area contributed by atoms with E-state index in [1.165, 1.54) is 16.9 Å². The molecule has 2 aliphatic rings. The fourth-order valence-electron chi connectivity index (χ4n) is 3.57. The summed E-state index contributed by atoms with van der Waals surface area (Å²) in [6, 6.07) is 5.93. The van der Waals surface area contributed by atoms with Gasteiger partial charge in [0.05, 0.1) is 23.4 Å². The largest absolute Gasteiger partial charge is 0.424 e. The molecule has 4 heterocycles. The molecule has 0 spiro atoms. The van der Waals surface area contributed by atoms with Gasteiger partial charge in [-0.25, -0.2) is 13.4 Å². The minimum Gasteiger partial charge on any atom is -0.424 e. The van der Waals surface area contributed by atoms with Gasteiger partial charge in [-0.15, -0.1) is 21.5 Å². The van der Waals surface area contributed by atoms with Crippen molar-refractivity contribution in [1.82, 2.24) is 20.5 Å². The maximum atomic E-state index is 12.7. The summed E-state index contributed by atoms with van der Waals surface area (Å²) < 4.78 is 37.1. The van der Waals surface area contributed by atoms with E-state index in [0.29, 0.717) is 18.2 Å². The Bertz CT molecular complexity index is 1380. The van der Waals surface area contributed by atoms with Crippen molar-refractivity contribution >= 4 is 59.9 Å². The molecule has 2 aliphatic heterocycles. The highest BCUT2D eigenvalue weighted by molar-refractivity contribution is 8.15. The Morgan fingerprint density at radius 1 is 1.15 bits per heavy atom. The van der Waals surface area contributed by atoms with Gasteiger partial charge in [0.2, 0.25) is 17.7 Å². The Balaban J connectivity index is 1.26. The van der Waals surface area contributed by atoms with E-state index in [4.69, 9.17) is 9.15 Å². The van der Waals surface area contributed by atoms with Gasteiger partial charge in [-0.3, -0.25) is 14.9 Å². The zero-order valence-electron chi connectivity index (χ0n) is 17.1. The molecule has 1 aromatic carbocycles. The van der Waals surface area contributed by atoms with E-state index >= 15 is 0 Å². The van der Waals surface area contributed by atoms with E-state index in [2.05, 4.69) is 26.6 Å². The Kier molecular flexibility index (Phi) is 6.03. The third-order valence-electron chi connectivity index (χ3n) is 5.09. The highest BCUT2D eigenvalue weighted by Gasteiger charge is 2.33. The number of sulfone groups is 1. The minimum absolute atomic E-state index is 0.0536. The number of carbonyl (C=O) groups is 2. The number of nitrogens with one attached hydrogen (secondary N) is 1. The molecule has 5 rings (SSSR count). The fourth-order valence-corrected chi connectivity index (χ4v) is 6.99. The highest BCUT2D eigenvalue weighted by atomic mass is 32.2. The van der Waals surface area contributed by atoms with Gasteiger partial charge in [-0.2, -0.15) is 0 Å². The molecule has 33 heavy (non-hydrogen) atoms. The van der Waals surface area contributed by atoms with Crippen LogP contribution < -0.4 is 5.32 Å². The summed E-state index contributed by atoms with van der Waals surface area (Å²) >= 11 is 2.19. The summed E-state index contributed by atoms with van der Waals surface area (Å²) in [4.78, 5) is 27.4. The highest BCUT2D eigenvalue weighted by Crippen LogP contribution is 2.30. The fraction of sp³-hybridized carbons (Fsp3) is 0.350. The lowest BCUT2D eigenvalue weighted by atomic mass is 10.0. The molecule has 172 valence electrons. The number of imide groups is 1. The van der Waals surface area contributed by atoms with Crippen LogP contribution in [-0.4, -0.2) is 53.2 Å². The van der Waals surface area contributed by atoms with Crippen molar-refractivity contribution in [3.63, 3.8) is 0 Å². The molecular formula is C20H18N4O6S3. The van der Waals surface area contributed by atoms with Crippen LogP contribution in [0.2, 0.25) is 0 Å². The number of ether oxygens (including phenoxy) is 1. The topological polar surface area (TPSA) is 141 Å². The lowest BCUT2D eigenvalue weighted by Crippen LogP contribution is -2.25. The molecular weight excluding hydrogens is 488 g/mol. The average molecular weight is 507 g/mol. The third kappa shape index (κ3) is 5.16. The zero-order valence-corrected chi connectivity index (χ0v) is 19.6. The number of hydrogen-bond donors (Lipinski definition) is 1. The SMILES string of the molecule is O=C1NC(=O)C(Cc2nnc(CS(=O)(=O)Cc3nc4ccc(C5=CCOCC5)cc4s3)o2)S1. The van der Waals surface area contributed by atoms with Crippen LogP contribution in [0.5, 0.6) is 0 Å². The number of rotatable bonds is 7. The van der Waals surface area contributed by atoms with Crippen LogP contribution in [0.1, 0.15) is 28.8 Å². The lowest BCUT2D eigenvalue weighted by molar-refractivity contribution is -0.119. The molecule has 1 N–H and O–H groups in total. The summed E-state index contributed by atoms with van der Waals surface area (Å²) in [6.45, 7) is 1.29. The van der Waals surface area contributed by atoms with Crippen molar-refractivity contribution in [3.05, 3.63) is 46.6 Å². The summed E-state index contributed by atoms with van der Waals surface area (Å²) in [6.07, 6.45) is 2.96. The standard InChI is InChI=1S/C20H18N4O6S3/c25-19-15(32-20(26)22-19)8-16-23-24-17(30-16)9-33(27,28)10-18-21-13-2-1-12(7-14(13)31-18)11-3-5-29-6-4-11/h1-3,7,15H,4-6,8-10H2,(H,22,25,26). The predicted molar refractivity (Wildman–Crippen MR) is 122 cm³/mol.